The molecule has 0 aliphatic heterocycles. The molecule has 2 heterocycles. The molecule has 0 aliphatic carbocycles. The monoisotopic (exact) mass is 274 g/mol. The maximum atomic E-state index is 6.01. The van der Waals surface area contributed by atoms with Crippen LogP contribution in [0.5, 0.6) is 0 Å². The van der Waals surface area contributed by atoms with Crippen molar-refractivity contribution in [1.29, 1.82) is 0 Å². The number of imidazole rings is 1. The first kappa shape index (κ1) is 14.9. The normalized spacial score (nSPS) is 12.8. The molecule has 0 saturated carbocycles. The summed E-state index contributed by atoms with van der Waals surface area (Å²) in [5.74, 6) is 1.07. The Hall–Kier alpha value is -1.55. The van der Waals surface area contributed by atoms with Crippen LogP contribution < -0.4 is 10.6 Å². The summed E-state index contributed by atoms with van der Waals surface area (Å²) >= 11 is 0. The Morgan fingerprint density at radius 1 is 1.35 bits per heavy atom. The highest BCUT2D eigenvalue weighted by molar-refractivity contribution is 5.55. The third-order valence-corrected chi connectivity index (χ3v) is 3.58. The van der Waals surface area contributed by atoms with E-state index >= 15 is 0 Å². The van der Waals surface area contributed by atoms with Crippen LogP contribution >= 0.6 is 0 Å². The lowest BCUT2D eigenvalue weighted by Crippen LogP contribution is -2.24. The Bertz CT molecular complexity index is 544. The van der Waals surface area contributed by atoms with E-state index in [1.54, 1.807) is 0 Å². The first-order valence-corrected chi connectivity index (χ1v) is 7.56. The molecule has 0 aliphatic rings. The minimum Gasteiger partial charge on any atom is -0.358 e. The second-order valence-corrected chi connectivity index (χ2v) is 5.62. The van der Waals surface area contributed by atoms with E-state index in [1.807, 2.05) is 25.1 Å². The molecule has 0 fully saturated rings. The standard InChI is InChI=1S/C16H26N4/c1-4-5-7-10-19(3)16-14(12-13(2)17)20-11-8-6-9-15(20)18-16/h6,8-9,11,13H,4-5,7,10,12,17H2,1-3H3. The first-order valence-electron chi connectivity index (χ1n) is 7.56. The van der Waals surface area contributed by atoms with E-state index in [0.717, 1.165) is 24.4 Å². The van der Waals surface area contributed by atoms with E-state index < -0.39 is 0 Å². The highest BCUT2D eigenvalue weighted by atomic mass is 15.2. The molecule has 0 radical (unpaired) electrons. The van der Waals surface area contributed by atoms with Crippen molar-refractivity contribution >= 4 is 11.5 Å². The number of unbranched alkanes of at least 4 members (excludes halogenated alkanes) is 2. The highest BCUT2D eigenvalue weighted by Gasteiger charge is 2.16. The quantitative estimate of drug-likeness (QED) is 0.790. The second kappa shape index (κ2) is 6.75. The number of nitrogens with zero attached hydrogens (tertiary/aromatic N) is 3. The molecule has 2 N–H and O–H groups in total. The number of pyridine rings is 1. The van der Waals surface area contributed by atoms with Gasteiger partial charge in [0.15, 0.2) is 5.82 Å². The third-order valence-electron chi connectivity index (χ3n) is 3.58. The molecule has 4 heteroatoms. The van der Waals surface area contributed by atoms with Crippen LogP contribution in [0, 0.1) is 0 Å². The van der Waals surface area contributed by atoms with Gasteiger partial charge in [-0.05, 0) is 25.5 Å². The lowest BCUT2D eigenvalue weighted by atomic mass is 10.2. The molecule has 20 heavy (non-hydrogen) atoms. The van der Waals surface area contributed by atoms with Crippen LogP contribution in [0.4, 0.5) is 5.82 Å². The van der Waals surface area contributed by atoms with Gasteiger partial charge in [-0.3, -0.25) is 0 Å². The van der Waals surface area contributed by atoms with Crippen LogP contribution in [0.15, 0.2) is 24.4 Å². The fourth-order valence-electron chi connectivity index (χ4n) is 2.54. The van der Waals surface area contributed by atoms with Crippen molar-refractivity contribution < 1.29 is 0 Å². The SMILES string of the molecule is CCCCCN(C)c1nc2ccccn2c1CC(C)N. The molecule has 110 valence electrons. The molecule has 2 aromatic rings. The van der Waals surface area contributed by atoms with Crippen LogP contribution in [0.25, 0.3) is 5.65 Å². The average molecular weight is 274 g/mol. The number of hydrogen-bond donors (Lipinski definition) is 1. The van der Waals surface area contributed by atoms with Crippen molar-refractivity contribution in [1.82, 2.24) is 9.38 Å². The number of rotatable bonds is 7. The van der Waals surface area contributed by atoms with Gasteiger partial charge in [0, 0.05) is 32.3 Å². The largest absolute Gasteiger partial charge is 0.358 e. The van der Waals surface area contributed by atoms with Gasteiger partial charge in [-0.2, -0.15) is 0 Å². The maximum absolute atomic E-state index is 6.01. The van der Waals surface area contributed by atoms with E-state index in [0.29, 0.717) is 0 Å². The number of aromatic nitrogens is 2. The Labute approximate surface area is 121 Å². The summed E-state index contributed by atoms with van der Waals surface area (Å²) in [6.07, 6.45) is 6.63. The van der Waals surface area contributed by atoms with Crippen molar-refractivity contribution in [2.45, 2.75) is 45.6 Å². The molecule has 4 nitrogen and oxygen atoms in total. The number of hydrogen-bond acceptors (Lipinski definition) is 3. The van der Waals surface area contributed by atoms with Crippen LogP contribution in [0.3, 0.4) is 0 Å². The van der Waals surface area contributed by atoms with Gasteiger partial charge >= 0.3 is 0 Å². The molecule has 1 unspecified atom stereocenters. The number of anilines is 1. The smallest absolute Gasteiger partial charge is 0.150 e. The van der Waals surface area contributed by atoms with E-state index in [2.05, 4.69) is 29.5 Å². The molecule has 0 spiro atoms. The summed E-state index contributed by atoms with van der Waals surface area (Å²) in [5.41, 5.74) is 8.22. The highest BCUT2D eigenvalue weighted by Crippen LogP contribution is 2.22. The third kappa shape index (κ3) is 3.31. The van der Waals surface area contributed by atoms with Crippen molar-refractivity contribution in [2.75, 3.05) is 18.5 Å². The van der Waals surface area contributed by atoms with E-state index in [4.69, 9.17) is 10.7 Å². The van der Waals surface area contributed by atoms with Gasteiger partial charge in [-0.15, -0.1) is 0 Å². The second-order valence-electron chi connectivity index (χ2n) is 5.62. The topological polar surface area (TPSA) is 46.6 Å². The van der Waals surface area contributed by atoms with E-state index in [-0.39, 0.29) is 6.04 Å². The zero-order valence-electron chi connectivity index (χ0n) is 12.8. The molecular formula is C16H26N4. The van der Waals surface area contributed by atoms with Gasteiger partial charge in [-0.1, -0.05) is 25.8 Å². The Morgan fingerprint density at radius 3 is 2.85 bits per heavy atom. The van der Waals surface area contributed by atoms with Gasteiger partial charge in [-0.25, -0.2) is 4.98 Å². The van der Waals surface area contributed by atoms with Gasteiger partial charge in [0.25, 0.3) is 0 Å². The van der Waals surface area contributed by atoms with Crippen molar-refractivity contribution in [3.05, 3.63) is 30.1 Å². The van der Waals surface area contributed by atoms with Crippen LogP contribution in [0.1, 0.15) is 38.8 Å². The molecule has 0 amide bonds. The molecule has 0 saturated heterocycles. The van der Waals surface area contributed by atoms with Gasteiger partial charge in [0.05, 0.1) is 5.69 Å². The minimum atomic E-state index is 0.137. The van der Waals surface area contributed by atoms with Crippen molar-refractivity contribution in [2.24, 2.45) is 5.73 Å². The molecule has 1 atom stereocenters. The lowest BCUT2D eigenvalue weighted by molar-refractivity contribution is 0.688. The van der Waals surface area contributed by atoms with Crippen LogP contribution in [-0.2, 0) is 6.42 Å². The summed E-state index contributed by atoms with van der Waals surface area (Å²) in [7, 11) is 2.13. The fourth-order valence-corrected chi connectivity index (χ4v) is 2.54. The number of fused-ring (bicyclic) bond motifs is 1. The van der Waals surface area contributed by atoms with Crippen LogP contribution in [-0.4, -0.2) is 29.0 Å². The van der Waals surface area contributed by atoms with Crippen molar-refractivity contribution in [3.8, 4) is 0 Å². The predicted molar refractivity (Wildman–Crippen MR) is 85.3 cm³/mol. The summed E-state index contributed by atoms with van der Waals surface area (Å²) in [5, 5.41) is 0. The zero-order valence-corrected chi connectivity index (χ0v) is 12.8. The molecular weight excluding hydrogens is 248 g/mol. The lowest BCUT2D eigenvalue weighted by Gasteiger charge is -2.19. The summed E-state index contributed by atoms with van der Waals surface area (Å²) < 4.78 is 2.16. The summed E-state index contributed by atoms with van der Waals surface area (Å²) in [6, 6.07) is 6.26. The average Bonchev–Trinajstić information content (AvgIpc) is 2.77. The summed E-state index contributed by atoms with van der Waals surface area (Å²) in [4.78, 5) is 7.04. The Morgan fingerprint density at radius 2 is 2.15 bits per heavy atom. The molecule has 0 aromatic carbocycles. The fraction of sp³-hybridized carbons (Fsp3) is 0.562. The Kier molecular flexibility index (Phi) is 5.01. The maximum Gasteiger partial charge on any atom is 0.150 e. The van der Waals surface area contributed by atoms with E-state index in [1.165, 1.54) is 25.0 Å². The van der Waals surface area contributed by atoms with Crippen molar-refractivity contribution in [3.63, 3.8) is 0 Å². The number of nitrogens with two attached hydrogens (primary N) is 1. The molecule has 0 bridgehead atoms. The zero-order chi connectivity index (χ0) is 14.5. The van der Waals surface area contributed by atoms with Crippen LogP contribution in [0.2, 0.25) is 0 Å². The summed E-state index contributed by atoms with van der Waals surface area (Å²) in [6.45, 7) is 5.32. The molecule has 2 rings (SSSR count). The van der Waals surface area contributed by atoms with Gasteiger partial charge in [0.2, 0.25) is 0 Å². The van der Waals surface area contributed by atoms with E-state index in [9.17, 15) is 0 Å². The van der Waals surface area contributed by atoms with Gasteiger partial charge < -0.3 is 15.0 Å². The van der Waals surface area contributed by atoms with Gasteiger partial charge in [0.1, 0.15) is 5.65 Å². The predicted octanol–water partition coefficient (Wildman–Crippen LogP) is 2.85. The minimum absolute atomic E-state index is 0.137. The molecule has 2 aromatic heterocycles. The first-order chi connectivity index (χ1) is 9.63. The Balaban J connectivity index is 2.30.